The molecule has 128 valence electrons. The van der Waals surface area contributed by atoms with E-state index in [4.69, 9.17) is 4.74 Å². The van der Waals surface area contributed by atoms with Gasteiger partial charge in [0.05, 0.1) is 12.1 Å². The zero-order valence-electron chi connectivity index (χ0n) is 14.5. The summed E-state index contributed by atoms with van der Waals surface area (Å²) >= 11 is 0. The van der Waals surface area contributed by atoms with Crippen LogP contribution in [0.5, 0.6) is 0 Å². The highest BCUT2D eigenvalue weighted by Crippen LogP contribution is 2.51. The Kier molecular flexibility index (Phi) is 3.40. The zero-order valence-corrected chi connectivity index (χ0v) is 14.5. The minimum Gasteiger partial charge on any atom is -0.362 e. The minimum atomic E-state index is -0.413. The van der Waals surface area contributed by atoms with Gasteiger partial charge in [-0.05, 0) is 30.2 Å². The Balaban J connectivity index is 1.73. The van der Waals surface area contributed by atoms with Crippen LogP contribution in [0.25, 0.3) is 11.0 Å². The summed E-state index contributed by atoms with van der Waals surface area (Å²) in [6.45, 7) is 2.78. The number of rotatable bonds is 4. The molecule has 0 spiro atoms. The van der Waals surface area contributed by atoms with Crippen LogP contribution in [-0.2, 0) is 10.3 Å². The van der Waals surface area contributed by atoms with Crippen LogP contribution in [0, 0.1) is 6.92 Å². The molecule has 0 bridgehead atoms. The van der Waals surface area contributed by atoms with Gasteiger partial charge in [-0.25, -0.2) is 4.68 Å². The lowest BCUT2D eigenvalue weighted by molar-refractivity contribution is 0.235. The van der Waals surface area contributed by atoms with Crippen molar-refractivity contribution >= 4 is 11.0 Å². The molecule has 3 aromatic carbocycles. The predicted molar refractivity (Wildman–Crippen MR) is 101 cm³/mol. The van der Waals surface area contributed by atoms with Gasteiger partial charge >= 0.3 is 0 Å². The molecule has 1 fully saturated rings. The largest absolute Gasteiger partial charge is 0.362 e. The Bertz CT molecular complexity index is 1070. The zero-order chi connectivity index (χ0) is 17.6. The first-order valence-electron chi connectivity index (χ1n) is 8.84. The molecule has 0 radical (unpaired) electrons. The second-order valence-corrected chi connectivity index (χ2v) is 6.88. The SMILES string of the molecule is Cc1cccc([C@@]2([C@@H](c3ccccc3)n3nnc4ccccc43)CO2)c1. The van der Waals surface area contributed by atoms with Crippen molar-refractivity contribution in [3.63, 3.8) is 0 Å². The number of hydrogen-bond acceptors (Lipinski definition) is 3. The molecule has 0 unspecified atom stereocenters. The van der Waals surface area contributed by atoms with Crippen molar-refractivity contribution in [2.24, 2.45) is 0 Å². The van der Waals surface area contributed by atoms with Gasteiger partial charge in [-0.1, -0.05) is 77.5 Å². The first kappa shape index (κ1) is 15.3. The molecule has 0 aliphatic carbocycles. The maximum Gasteiger partial charge on any atom is 0.143 e. The molecule has 1 saturated heterocycles. The Morgan fingerprint density at radius 2 is 1.73 bits per heavy atom. The fraction of sp³-hybridized carbons (Fsp3) is 0.182. The molecule has 0 N–H and O–H groups in total. The van der Waals surface area contributed by atoms with Crippen LogP contribution in [-0.4, -0.2) is 21.6 Å². The van der Waals surface area contributed by atoms with Gasteiger partial charge in [0.1, 0.15) is 17.2 Å². The number of ether oxygens (including phenoxy) is 1. The van der Waals surface area contributed by atoms with Crippen LogP contribution < -0.4 is 0 Å². The van der Waals surface area contributed by atoms with Crippen LogP contribution in [0.4, 0.5) is 0 Å². The lowest BCUT2D eigenvalue weighted by Crippen LogP contribution is -2.28. The summed E-state index contributed by atoms with van der Waals surface area (Å²) in [6.07, 6.45) is 0. The molecule has 4 nitrogen and oxygen atoms in total. The molecular formula is C22H19N3O. The van der Waals surface area contributed by atoms with Gasteiger partial charge in [0.2, 0.25) is 0 Å². The van der Waals surface area contributed by atoms with Crippen molar-refractivity contribution in [1.82, 2.24) is 15.0 Å². The van der Waals surface area contributed by atoms with E-state index in [0.29, 0.717) is 6.61 Å². The lowest BCUT2D eigenvalue weighted by Gasteiger charge is -2.26. The highest BCUT2D eigenvalue weighted by atomic mass is 16.6. The molecule has 0 saturated carbocycles. The van der Waals surface area contributed by atoms with E-state index >= 15 is 0 Å². The van der Waals surface area contributed by atoms with E-state index in [9.17, 15) is 0 Å². The van der Waals surface area contributed by atoms with E-state index in [0.717, 1.165) is 11.0 Å². The van der Waals surface area contributed by atoms with Gasteiger partial charge in [0.15, 0.2) is 0 Å². The average Bonchev–Trinajstić information content (AvgIpc) is 3.37. The number of para-hydroxylation sites is 1. The van der Waals surface area contributed by atoms with Gasteiger partial charge in [-0.2, -0.15) is 0 Å². The summed E-state index contributed by atoms with van der Waals surface area (Å²) in [5, 5.41) is 8.89. The first-order valence-corrected chi connectivity index (χ1v) is 8.84. The van der Waals surface area contributed by atoms with E-state index < -0.39 is 5.60 Å². The maximum atomic E-state index is 6.14. The number of epoxide rings is 1. The predicted octanol–water partition coefficient (Wildman–Crippen LogP) is 4.25. The van der Waals surface area contributed by atoms with Crippen molar-refractivity contribution in [1.29, 1.82) is 0 Å². The summed E-state index contributed by atoms with van der Waals surface area (Å²) in [5.74, 6) is 0. The molecule has 1 aliphatic rings. The smallest absolute Gasteiger partial charge is 0.143 e. The summed E-state index contributed by atoms with van der Waals surface area (Å²) < 4.78 is 8.15. The summed E-state index contributed by atoms with van der Waals surface area (Å²) in [6, 6.07) is 27.0. The highest BCUT2D eigenvalue weighted by molar-refractivity contribution is 5.74. The molecule has 26 heavy (non-hydrogen) atoms. The fourth-order valence-corrected chi connectivity index (χ4v) is 3.79. The topological polar surface area (TPSA) is 43.2 Å². The van der Waals surface area contributed by atoms with Crippen LogP contribution in [0.1, 0.15) is 22.7 Å². The van der Waals surface area contributed by atoms with Crippen molar-refractivity contribution in [3.8, 4) is 0 Å². The van der Waals surface area contributed by atoms with Gasteiger partial charge in [-0.15, -0.1) is 5.10 Å². The van der Waals surface area contributed by atoms with Crippen molar-refractivity contribution in [3.05, 3.63) is 95.6 Å². The molecular weight excluding hydrogens is 322 g/mol. The summed E-state index contributed by atoms with van der Waals surface area (Å²) in [5.41, 5.74) is 5.09. The molecule has 2 atom stereocenters. The summed E-state index contributed by atoms with van der Waals surface area (Å²) in [7, 11) is 0. The second kappa shape index (κ2) is 5.78. The van der Waals surface area contributed by atoms with Gasteiger partial charge < -0.3 is 4.74 Å². The Labute approximate surface area is 152 Å². The Hall–Kier alpha value is -2.98. The fourth-order valence-electron chi connectivity index (χ4n) is 3.79. The molecule has 1 aromatic heterocycles. The van der Waals surface area contributed by atoms with Gasteiger partial charge in [0, 0.05) is 0 Å². The van der Waals surface area contributed by atoms with Gasteiger partial charge in [0.25, 0.3) is 0 Å². The molecule has 0 amide bonds. The quantitative estimate of drug-likeness (QED) is 0.521. The van der Waals surface area contributed by atoms with E-state index in [1.165, 1.54) is 16.7 Å². The van der Waals surface area contributed by atoms with Crippen molar-refractivity contribution in [2.45, 2.75) is 18.6 Å². The van der Waals surface area contributed by atoms with Crippen LogP contribution in [0.3, 0.4) is 0 Å². The third kappa shape index (κ3) is 2.34. The Morgan fingerprint density at radius 3 is 2.50 bits per heavy atom. The number of benzene rings is 3. The number of fused-ring (bicyclic) bond motifs is 1. The van der Waals surface area contributed by atoms with Crippen LogP contribution >= 0.6 is 0 Å². The molecule has 1 aliphatic heterocycles. The van der Waals surface area contributed by atoms with Crippen LogP contribution in [0.15, 0.2) is 78.9 Å². The second-order valence-electron chi connectivity index (χ2n) is 6.88. The molecule has 4 aromatic rings. The highest BCUT2D eigenvalue weighted by Gasteiger charge is 2.55. The minimum absolute atomic E-state index is 0.0714. The third-order valence-corrected chi connectivity index (χ3v) is 5.14. The monoisotopic (exact) mass is 341 g/mol. The van der Waals surface area contributed by atoms with E-state index in [1.807, 2.05) is 28.9 Å². The van der Waals surface area contributed by atoms with Crippen LogP contribution in [0.2, 0.25) is 0 Å². The lowest BCUT2D eigenvalue weighted by atomic mass is 9.86. The maximum absolute atomic E-state index is 6.14. The van der Waals surface area contributed by atoms with E-state index in [-0.39, 0.29) is 6.04 Å². The number of aromatic nitrogens is 3. The van der Waals surface area contributed by atoms with Crippen molar-refractivity contribution < 1.29 is 4.74 Å². The summed E-state index contributed by atoms with van der Waals surface area (Å²) in [4.78, 5) is 0. The first-order chi connectivity index (χ1) is 12.8. The van der Waals surface area contributed by atoms with E-state index in [1.54, 1.807) is 0 Å². The average molecular weight is 341 g/mol. The number of aryl methyl sites for hydroxylation is 1. The van der Waals surface area contributed by atoms with Crippen molar-refractivity contribution in [2.75, 3.05) is 6.61 Å². The number of nitrogens with zero attached hydrogens (tertiary/aromatic N) is 3. The molecule has 2 heterocycles. The third-order valence-electron chi connectivity index (χ3n) is 5.14. The van der Waals surface area contributed by atoms with Gasteiger partial charge in [-0.3, -0.25) is 0 Å². The molecule has 5 rings (SSSR count). The number of hydrogen-bond donors (Lipinski definition) is 0. The van der Waals surface area contributed by atoms with E-state index in [2.05, 4.69) is 71.8 Å². The normalized spacial score (nSPS) is 20.2. The Morgan fingerprint density at radius 1 is 0.962 bits per heavy atom. The molecule has 4 heteroatoms. The standard InChI is InChI=1S/C22H19N3O/c1-16-8-7-11-18(14-16)22(15-26-22)21(17-9-3-2-4-10-17)25-20-13-6-5-12-19(20)23-24-25/h2-14,21H,15H2,1H3/t21-,22-/m1/s1.